The molecule has 1 fully saturated rings. The molecule has 1 atom stereocenters. The van der Waals surface area contributed by atoms with Crippen molar-refractivity contribution in [1.29, 1.82) is 0 Å². The van der Waals surface area contributed by atoms with Crippen LogP contribution in [0.15, 0.2) is 48.5 Å². The number of amides is 1. The van der Waals surface area contributed by atoms with Gasteiger partial charge in [0.05, 0.1) is 23.3 Å². The largest absolute Gasteiger partial charge is 0.327 e. The van der Waals surface area contributed by atoms with Gasteiger partial charge in [0.15, 0.2) is 0 Å². The van der Waals surface area contributed by atoms with Gasteiger partial charge in [-0.1, -0.05) is 24.3 Å². The summed E-state index contributed by atoms with van der Waals surface area (Å²) in [5.41, 5.74) is 2.49. The zero-order valence-electron chi connectivity index (χ0n) is 17.5. The molecule has 2 aromatic carbocycles. The molecule has 2 heterocycles. The average Bonchev–Trinajstić information content (AvgIpc) is 3.11. The molecule has 158 valence electrons. The fourth-order valence-electron chi connectivity index (χ4n) is 4.44. The highest BCUT2D eigenvalue weighted by Crippen LogP contribution is 2.24. The van der Waals surface area contributed by atoms with Gasteiger partial charge in [0.2, 0.25) is 5.91 Å². The van der Waals surface area contributed by atoms with E-state index < -0.39 is 5.82 Å². The number of halogens is 1. The molecule has 0 saturated carbocycles. The predicted octanol–water partition coefficient (Wildman–Crippen LogP) is 4.83. The number of para-hydroxylation sites is 3. The number of aromatic nitrogens is 2. The fraction of sp³-hybridized carbons (Fsp3) is 0.417. The molecule has 30 heavy (non-hydrogen) atoms. The standard InChI is InChI=1S/C24H29FN4O/c1-2-29-22-12-6-5-11-21(22)26-23(29)17-28-15-7-8-18(16-28)13-14-24(30)27-20-10-4-3-9-19(20)25/h3-6,9-12,18H,2,7-8,13-17H2,1H3,(H,27,30). The Balaban J connectivity index is 1.33. The van der Waals surface area contributed by atoms with Crippen molar-refractivity contribution in [3.05, 3.63) is 60.2 Å². The summed E-state index contributed by atoms with van der Waals surface area (Å²) in [5, 5.41) is 2.69. The smallest absolute Gasteiger partial charge is 0.224 e. The summed E-state index contributed by atoms with van der Waals surface area (Å²) in [4.78, 5) is 19.6. The number of hydrogen-bond acceptors (Lipinski definition) is 3. The molecule has 1 amide bonds. The lowest BCUT2D eigenvalue weighted by molar-refractivity contribution is -0.116. The topological polar surface area (TPSA) is 50.2 Å². The van der Waals surface area contributed by atoms with Crippen LogP contribution in [0.5, 0.6) is 0 Å². The number of benzene rings is 2. The SMILES string of the molecule is CCn1c(CN2CCCC(CCC(=O)Nc3ccccc3F)C2)nc2ccccc21. The van der Waals surface area contributed by atoms with Crippen molar-refractivity contribution >= 4 is 22.6 Å². The van der Waals surface area contributed by atoms with Crippen LogP contribution in [0.1, 0.15) is 38.4 Å². The second-order valence-electron chi connectivity index (χ2n) is 8.07. The van der Waals surface area contributed by atoms with E-state index in [-0.39, 0.29) is 11.6 Å². The first kappa shape index (κ1) is 20.5. The van der Waals surface area contributed by atoms with Gasteiger partial charge in [0.25, 0.3) is 0 Å². The number of fused-ring (bicyclic) bond motifs is 1. The third-order valence-corrected chi connectivity index (χ3v) is 5.95. The van der Waals surface area contributed by atoms with Crippen molar-refractivity contribution in [2.75, 3.05) is 18.4 Å². The molecule has 0 aliphatic carbocycles. The quantitative estimate of drug-likeness (QED) is 0.609. The number of aryl methyl sites for hydroxylation is 1. The molecule has 0 radical (unpaired) electrons. The molecule has 3 aromatic rings. The minimum absolute atomic E-state index is 0.120. The number of nitrogens with zero attached hydrogens (tertiary/aromatic N) is 3. The zero-order valence-corrected chi connectivity index (χ0v) is 17.5. The lowest BCUT2D eigenvalue weighted by Crippen LogP contribution is -2.36. The minimum atomic E-state index is -0.395. The molecule has 1 unspecified atom stereocenters. The van der Waals surface area contributed by atoms with Crippen LogP contribution in [0.4, 0.5) is 10.1 Å². The van der Waals surface area contributed by atoms with Gasteiger partial charge in [-0.25, -0.2) is 9.37 Å². The highest BCUT2D eigenvalue weighted by molar-refractivity contribution is 5.90. The van der Waals surface area contributed by atoms with Gasteiger partial charge in [-0.15, -0.1) is 0 Å². The molecule has 0 bridgehead atoms. The summed E-state index contributed by atoms with van der Waals surface area (Å²) in [6.07, 6.45) is 3.50. The van der Waals surface area contributed by atoms with Gasteiger partial charge in [-0.2, -0.15) is 0 Å². The summed E-state index contributed by atoms with van der Waals surface area (Å²) in [7, 11) is 0. The normalized spacial score (nSPS) is 17.3. The summed E-state index contributed by atoms with van der Waals surface area (Å²) in [6.45, 7) is 5.93. The third kappa shape index (κ3) is 4.70. The maximum absolute atomic E-state index is 13.7. The van der Waals surface area contributed by atoms with E-state index in [0.717, 1.165) is 56.8 Å². The van der Waals surface area contributed by atoms with Crippen molar-refractivity contribution < 1.29 is 9.18 Å². The average molecular weight is 409 g/mol. The van der Waals surface area contributed by atoms with Gasteiger partial charge < -0.3 is 9.88 Å². The van der Waals surface area contributed by atoms with Crippen LogP contribution in [0, 0.1) is 11.7 Å². The Morgan fingerprint density at radius 2 is 2.00 bits per heavy atom. The molecular weight excluding hydrogens is 379 g/mol. The van der Waals surface area contributed by atoms with Gasteiger partial charge in [0, 0.05) is 19.5 Å². The van der Waals surface area contributed by atoms with Crippen LogP contribution >= 0.6 is 0 Å². The van der Waals surface area contributed by atoms with Crippen LogP contribution in [-0.4, -0.2) is 33.4 Å². The third-order valence-electron chi connectivity index (χ3n) is 5.95. The number of rotatable bonds is 7. The predicted molar refractivity (Wildman–Crippen MR) is 118 cm³/mol. The lowest BCUT2D eigenvalue weighted by Gasteiger charge is -2.32. The van der Waals surface area contributed by atoms with Crippen LogP contribution in [0.3, 0.4) is 0 Å². The van der Waals surface area contributed by atoms with Gasteiger partial charge in [-0.05, 0) is 62.9 Å². The monoisotopic (exact) mass is 408 g/mol. The van der Waals surface area contributed by atoms with Crippen LogP contribution in [0.25, 0.3) is 11.0 Å². The molecule has 1 aliphatic heterocycles. The first-order valence-electron chi connectivity index (χ1n) is 10.8. The molecule has 1 aliphatic rings. The van der Waals surface area contributed by atoms with Crippen molar-refractivity contribution in [3.63, 3.8) is 0 Å². The molecule has 1 aromatic heterocycles. The van der Waals surface area contributed by atoms with E-state index in [1.165, 1.54) is 11.6 Å². The second kappa shape index (κ2) is 9.39. The first-order chi connectivity index (χ1) is 14.6. The number of hydrogen-bond donors (Lipinski definition) is 1. The van der Waals surface area contributed by atoms with Crippen molar-refractivity contribution in [2.45, 2.75) is 45.7 Å². The Hall–Kier alpha value is -2.73. The molecule has 5 nitrogen and oxygen atoms in total. The number of anilines is 1. The Labute approximate surface area is 176 Å². The van der Waals surface area contributed by atoms with Crippen LogP contribution < -0.4 is 5.32 Å². The Morgan fingerprint density at radius 1 is 1.20 bits per heavy atom. The molecule has 6 heteroatoms. The molecule has 4 rings (SSSR count). The van der Waals surface area contributed by atoms with E-state index in [2.05, 4.69) is 39.9 Å². The zero-order chi connectivity index (χ0) is 20.9. The van der Waals surface area contributed by atoms with E-state index in [1.807, 2.05) is 6.07 Å². The van der Waals surface area contributed by atoms with Gasteiger partial charge >= 0.3 is 0 Å². The number of piperidine rings is 1. The van der Waals surface area contributed by atoms with Crippen molar-refractivity contribution in [2.24, 2.45) is 5.92 Å². The van der Waals surface area contributed by atoms with E-state index >= 15 is 0 Å². The van der Waals surface area contributed by atoms with E-state index in [9.17, 15) is 9.18 Å². The number of carbonyl (C=O) groups excluding carboxylic acids is 1. The summed E-state index contributed by atoms with van der Waals surface area (Å²) in [6, 6.07) is 14.6. The molecule has 0 spiro atoms. The molecular formula is C24H29FN4O. The fourth-order valence-corrected chi connectivity index (χ4v) is 4.44. The van der Waals surface area contributed by atoms with E-state index in [4.69, 9.17) is 4.98 Å². The Morgan fingerprint density at radius 3 is 2.83 bits per heavy atom. The highest BCUT2D eigenvalue weighted by Gasteiger charge is 2.22. The number of likely N-dealkylation sites (tertiary alicyclic amines) is 1. The van der Waals surface area contributed by atoms with Crippen LogP contribution in [-0.2, 0) is 17.9 Å². The maximum atomic E-state index is 13.7. The number of nitrogens with one attached hydrogen (secondary N) is 1. The first-order valence-corrected chi connectivity index (χ1v) is 10.8. The second-order valence-corrected chi connectivity index (χ2v) is 8.07. The number of carbonyl (C=O) groups is 1. The van der Waals surface area contributed by atoms with E-state index in [1.54, 1.807) is 18.2 Å². The summed E-state index contributed by atoms with van der Waals surface area (Å²) in [5.74, 6) is 1.07. The maximum Gasteiger partial charge on any atom is 0.224 e. The number of imidazole rings is 1. The van der Waals surface area contributed by atoms with E-state index in [0.29, 0.717) is 12.3 Å². The van der Waals surface area contributed by atoms with Crippen LogP contribution in [0.2, 0.25) is 0 Å². The molecule has 1 N–H and O–H groups in total. The Kier molecular flexibility index (Phi) is 6.43. The van der Waals surface area contributed by atoms with Gasteiger partial charge in [-0.3, -0.25) is 9.69 Å². The van der Waals surface area contributed by atoms with Crippen molar-refractivity contribution in [3.8, 4) is 0 Å². The van der Waals surface area contributed by atoms with Gasteiger partial charge in [0.1, 0.15) is 11.6 Å². The minimum Gasteiger partial charge on any atom is -0.327 e. The summed E-state index contributed by atoms with van der Waals surface area (Å²) >= 11 is 0. The lowest BCUT2D eigenvalue weighted by atomic mass is 9.93. The molecule has 1 saturated heterocycles. The Bertz CT molecular complexity index is 1020. The van der Waals surface area contributed by atoms with Crippen molar-refractivity contribution in [1.82, 2.24) is 14.5 Å². The highest BCUT2D eigenvalue weighted by atomic mass is 19.1. The summed E-state index contributed by atoms with van der Waals surface area (Å²) < 4.78 is 16.0.